The smallest absolute Gasteiger partial charge is 0.239 e. The van der Waals surface area contributed by atoms with Crippen LogP contribution in [0.1, 0.15) is 0 Å². The average molecular weight is 494 g/mol. The number of aliphatic hydroxyl groups excluding tert-OH is 4. The Labute approximate surface area is 195 Å². The number of methoxy groups -OCH3 is 1. The summed E-state index contributed by atoms with van der Waals surface area (Å²) in [5, 5.41) is 79.4. The van der Waals surface area contributed by atoms with Crippen LogP contribution in [-0.4, -0.2) is 85.3 Å². The van der Waals surface area contributed by atoms with Gasteiger partial charge in [-0.3, -0.25) is 4.79 Å². The number of ether oxygens (including phenoxy) is 3. The number of phenols is 4. The number of fused-ring (bicyclic) bond motifs is 1. The average Bonchev–Trinajstić information content (AvgIpc) is 2.82. The fraction of sp³-hybridized carbons (Fsp3) is 0.318. The van der Waals surface area contributed by atoms with E-state index in [1.54, 1.807) is 0 Å². The number of rotatable bonds is 5. The van der Waals surface area contributed by atoms with E-state index in [1.807, 2.05) is 0 Å². The van der Waals surface area contributed by atoms with Crippen LogP contribution < -0.4 is 14.9 Å². The lowest BCUT2D eigenvalue weighted by molar-refractivity contribution is -0.277. The number of aromatic hydroxyl groups is 4. The predicted octanol–water partition coefficient (Wildman–Crippen LogP) is -0.530. The number of benzene rings is 2. The summed E-state index contributed by atoms with van der Waals surface area (Å²) in [6.45, 7) is -0.757. The van der Waals surface area contributed by atoms with Crippen molar-refractivity contribution in [3.8, 4) is 45.8 Å². The van der Waals surface area contributed by atoms with Gasteiger partial charge in [-0.25, -0.2) is 0 Å². The molecule has 13 heteroatoms. The van der Waals surface area contributed by atoms with Crippen molar-refractivity contribution in [3.05, 3.63) is 34.5 Å². The lowest BCUT2D eigenvalue weighted by Gasteiger charge is -2.39. The van der Waals surface area contributed by atoms with E-state index >= 15 is 0 Å². The second-order valence-electron chi connectivity index (χ2n) is 7.76. The van der Waals surface area contributed by atoms with Gasteiger partial charge in [0, 0.05) is 11.6 Å². The van der Waals surface area contributed by atoms with Crippen LogP contribution in [0, 0.1) is 0 Å². The maximum Gasteiger partial charge on any atom is 0.239 e. The van der Waals surface area contributed by atoms with E-state index in [9.17, 15) is 45.6 Å². The maximum atomic E-state index is 13.5. The zero-order chi connectivity index (χ0) is 25.6. The van der Waals surface area contributed by atoms with Crippen molar-refractivity contribution in [2.45, 2.75) is 30.7 Å². The summed E-state index contributed by atoms with van der Waals surface area (Å²) in [7, 11) is 1.18. The van der Waals surface area contributed by atoms with E-state index < -0.39 is 88.2 Å². The summed E-state index contributed by atoms with van der Waals surface area (Å²) in [4.78, 5) is 13.5. The van der Waals surface area contributed by atoms with Crippen LogP contribution in [0.5, 0.6) is 34.5 Å². The number of aliphatic hydroxyl groups is 4. The molecule has 1 fully saturated rings. The summed E-state index contributed by atoms with van der Waals surface area (Å²) in [6, 6.07) is 4.19. The second kappa shape index (κ2) is 9.13. The molecule has 188 valence electrons. The molecule has 0 saturated carbocycles. The Morgan fingerprint density at radius 3 is 2.23 bits per heavy atom. The Balaban J connectivity index is 1.97. The molecule has 1 aliphatic heterocycles. The Morgan fingerprint density at radius 1 is 0.886 bits per heavy atom. The molecule has 13 nitrogen and oxygen atoms in total. The van der Waals surface area contributed by atoms with Crippen molar-refractivity contribution in [1.82, 2.24) is 0 Å². The molecule has 1 aliphatic rings. The molecule has 0 radical (unpaired) electrons. The molecule has 0 aliphatic carbocycles. The van der Waals surface area contributed by atoms with Crippen molar-refractivity contribution in [1.29, 1.82) is 0 Å². The van der Waals surface area contributed by atoms with Gasteiger partial charge in [0.05, 0.1) is 13.7 Å². The van der Waals surface area contributed by atoms with Gasteiger partial charge in [0.2, 0.25) is 23.2 Å². The van der Waals surface area contributed by atoms with Crippen molar-refractivity contribution >= 4 is 11.0 Å². The topological polar surface area (TPSA) is 220 Å². The molecule has 2 heterocycles. The molecule has 5 atom stereocenters. The molecular formula is C22H22O13. The van der Waals surface area contributed by atoms with E-state index in [0.29, 0.717) is 0 Å². The van der Waals surface area contributed by atoms with Gasteiger partial charge in [0.25, 0.3) is 0 Å². The summed E-state index contributed by atoms with van der Waals surface area (Å²) < 4.78 is 21.7. The van der Waals surface area contributed by atoms with Gasteiger partial charge in [-0.05, 0) is 18.2 Å². The van der Waals surface area contributed by atoms with E-state index in [2.05, 4.69) is 0 Å². The van der Waals surface area contributed by atoms with E-state index in [4.69, 9.17) is 18.6 Å². The predicted molar refractivity (Wildman–Crippen MR) is 116 cm³/mol. The van der Waals surface area contributed by atoms with Crippen molar-refractivity contribution in [3.63, 3.8) is 0 Å². The van der Waals surface area contributed by atoms with Gasteiger partial charge < -0.3 is 59.5 Å². The zero-order valence-corrected chi connectivity index (χ0v) is 18.0. The first-order valence-corrected chi connectivity index (χ1v) is 10.2. The van der Waals surface area contributed by atoms with Crippen LogP contribution in [0.15, 0.2) is 33.5 Å². The molecule has 0 spiro atoms. The maximum absolute atomic E-state index is 13.5. The van der Waals surface area contributed by atoms with Gasteiger partial charge in [-0.15, -0.1) is 0 Å². The first-order chi connectivity index (χ1) is 16.6. The van der Waals surface area contributed by atoms with Crippen LogP contribution in [-0.2, 0) is 4.74 Å². The Kier molecular flexibility index (Phi) is 6.36. The number of phenolic OH excluding ortho intramolecular Hbond substituents is 4. The highest BCUT2D eigenvalue weighted by molar-refractivity contribution is 5.93. The minimum absolute atomic E-state index is 0.0243. The molecule has 8 N–H and O–H groups in total. The summed E-state index contributed by atoms with van der Waals surface area (Å²) >= 11 is 0. The second-order valence-corrected chi connectivity index (χ2v) is 7.76. The molecule has 0 amide bonds. The first-order valence-electron chi connectivity index (χ1n) is 10.2. The van der Waals surface area contributed by atoms with Crippen LogP contribution in [0.25, 0.3) is 22.3 Å². The van der Waals surface area contributed by atoms with Crippen molar-refractivity contribution in [2.75, 3.05) is 13.7 Å². The molecule has 1 aromatic heterocycles. The SMILES string of the molecule is COc1c(O)cc(O)c2c(=O)c(O[C@H]3O[C@@H](CO)[C@@H](O)[C@@H](O)[C@H]3O)c(-c3ccc(O)c(O)c3)oc12. The van der Waals surface area contributed by atoms with Crippen molar-refractivity contribution < 1.29 is 59.5 Å². The largest absolute Gasteiger partial charge is 0.507 e. The third kappa shape index (κ3) is 4.05. The minimum atomic E-state index is -1.88. The molecule has 1 saturated heterocycles. The van der Waals surface area contributed by atoms with Gasteiger partial charge >= 0.3 is 0 Å². The molecule has 0 unspecified atom stereocenters. The molecule has 35 heavy (non-hydrogen) atoms. The quantitative estimate of drug-likeness (QED) is 0.209. The first kappa shape index (κ1) is 24.4. The molecule has 0 bridgehead atoms. The standard InChI is InChI=1S/C22H22O13/c1-32-19-11(27)5-10(26)13-15(29)21(35-22-17(31)16(30)14(28)12(6-23)33-22)18(34-20(13)19)7-2-3-8(24)9(25)4-7/h2-5,12,14,16-17,22-28,30-31H,6H2,1H3/t12-,14+,16+,17+,22+/m0/s1. The fourth-order valence-electron chi connectivity index (χ4n) is 3.74. The minimum Gasteiger partial charge on any atom is -0.507 e. The third-order valence-electron chi connectivity index (χ3n) is 5.56. The Morgan fingerprint density at radius 2 is 1.60 bits per heavy atom. The fourth-order valence-corrected chi connectivity index (χ4v) is 3.74. The van der Waals surface area contributed by atoms with Gasteiger partial charge in [-0.1, -0.05) is 0 Å². The van der Waals surface area contributed by atoms with Gasteiger partial charge in [0.15, 0.2) is 28.6 Å². The van der Waals surface area contributed by atoms with Crippen LogP contribution in [0.4, 0.5) is 0 Å². The summed E-state index contributed by atoms with van der Waals surface area (Å²) in [5.41, 5.74) is -1.44. The van der Waals surface area contributed by atoms with Crippen LogP contribution in [0.3, 0.4) is 0 Å². The Bertz CT molecular complexity index is 1320. The lowest BCUT2D eigenvalue weighted by Crippen LogP contribution is -2.60. The monoisotopic (exact) mass is 494 g/mol. The van der Waals surface area contributed by atoms with Crippen molar-refractivity contribution in [2.24, 2.45) is 0 Å². The zero-order valence-electron chi connectivity index (χ0n) is 18.0. The van der Waals surface area contributed by atoms with Crippen LogP contribution in [0.2, 0.25) is 0 Å². The van der Waals surface area contributed by atoms with Gasteiger partial charge in [-0.2, -0.15) is 0 Å². The summed E-state index contributed by atoms with van der Waals surface area (Å²) in [5.74, 6) is -3.71. The normalized spacial score (nSPS) is 24.4. The number of hydrogen-bond donors (Lipinski definition) is 8. The van der Waals surface area contributed by atoms with Gasteiger partial charge in [0.1, 0.15) is 35.6 Å². The highest BCUT2D eigenvalue weighted by atomic mass is 16.7. The molecule has 4 rings (SSSR count). The van der Waals surface area contributed by atoms with E-state index in [-0.39, 0.29) is 11.3 Å². The van der Waals surface area contributed by atoms with Crippen LogP contribution >= 0.6 is 0 Å². The molecular weight excluding hydrogens is 472 g/mol. The van der Waals surface area contributed by atoms with E-state index in [1.165, 1.54) is 13.2 Å². The molecule has 3 aromatic rings. The highest BCUT2D eigenvalue weighted by Gasteiger charge is 2.45. The Hall–Kier alpha value is -3.75. The molecule has 2 aromatic carbocycles. The lowest BCUT2D eigenvalue weighted by atomic mass is 9.99. The third-order valence-corrected chi connectivity index (χ3v) is 5.56. The highest BCUT2D eigenvalue weighted by Crippen LogP contribution is 2.44. The van der Waals surface area contributed by atoms with E-state index in [0.717, 1.165) is 18.2 Å². The summed E-state index contributed by atoms with van der Waals surface area (Å²) in [6.07, 6.45) is -8.53. The number of hydrogen-bond acceptors (Lipinski definition) is 13.